The fraction of sp³-hybridized carbons (Fsp3) is 0.389. The topological polar surface area (TPSA) is 77.5 Å². The first kappa shape index (κ1) is 18.9. The predicted molar refractivity (Wildman–Crippen MR) is 97.6 cm³/mol. The Morgan fingerprint density at radius 2 is 1.84 bits per heavy atom. The molecule has 0 aliphatic rings. The maximum absolute atomic E-state index is 12.1. The molecule has 0 unspecified atom stereocenters. The van der Waals surface area contributed by atoms with E-state index in [2.05, 4.69) is 10.3 Å². The lowest BCUT2D eigenvalue weighted by Crippen LogP contribution is -2.20. The first-order valence-electron chi connectivity index (χ1n) is 7.97. The highest BCUT2D eigenvalue weighted by atomic mass is 32.1. The van der Waals surface area contributed by atoms with E-state index >= 15 is 0 Å². The van der Waals surface area contributed by atoms with Gasteiger partial charge in [-0.15, -0.1) is 0 Å². The molecule has 134 valence electrons. The number of thiazole rings is 1. The summed E-state index contributed by atoms with van der Waals surface area (Å²) in [5.41, 5.74) is 3.63. The number of nitrogens with zero attached hydrogens (tertiary/aromatic N) is 1. The molecule has 1 amide bonds. The second-order valence-corrected chi connectivity index (χ2v) is 6.64. The summed E-state index contributed by atoms with van der Waals surface area (Å²) in [4.78, 5) is 28.5. The van der Waals surface area contributed by atoms with Gasteiger partial charge in [0, 0.05) is 0 Å². The molecule has 1 aromatic heterocycles. The van der Waals surface area contributed by atoms with Crippen molar-refractivity contribution in [1.29, 1.82) is 0 Å². The highest BCUT2D eigenvalue weighted by Gasteiger charge is 2.18. The molecule has 0 aliphatic carbocycles. The maximum Gasteiger partial charge on any atom is 0.350 e. The number of anilines is 1. The minimum atomic E-state index is -0.430. The van der Waals surface area contributed by atoms with Gasteiger partial charge in [0.15, 0.2) is 11.7 Å². The number of ether oxygens (including phenoxy) is 2. The van der Waals surface area contributed by atoms with Crippen LogP contribution in [0.2, 0.25) is 0 Å². The van der Waals surface area contributed by atoms with E-state index < -0.39 is 5.97 Å². The molecule has 1 aromatic carbocycles. The van der Waals surface area contributed by atoms with Gasteiger partial charge in [-0.2, -0.15) is 0 Å². The largest absolute Gasteiger partial charge is 0.483 e. The highest BCUT2D eigenvalue weighted by molar-refractivity contribution is 7.17. The molecule has 0 aliphatic heterocycles. The Morgan fingerprint density at radius 3 is 2.52 bits per heavy atom. The fourth-order valence-corrected chi connectivity index (χ4v) is 3.15. The number of carbonyl (C=O) groups is 2. The quantitative estimate of drug-likeness (QED) is 0.795. The number of hydrogen-bond donors (Lipinski definition) is 1. The Kier molecular flexibility index (Phi) is 6.14. The van der Waals surface area contributed by atoms with Crippen LogP contribution in [0.25, 0.3) is 0 Å². The van der Waals surface area contributed by atoms with Crippen LogP contribution in [0.3, 0.4) is 0 Å². The van der Waals surface area contributed by atoms with Gasteiger partial charge in [-0.3, -0.25) is 10.1 Å². The lowest BCUT2D eigenvalue weighted by atomic mass is 10.1. The van der Waals surface area contributed by atoms with E-state index in [1.165, 1.54) is 0 Å². The van der Waals surface area contributed by atoms with Gasteiger partial charge in [0.25, 0.3) is 5.91 Å². The number of aromatic nitrogens is 1. The molecular weight excluding hydrogens is 340 g/mol. The van der Waals surface area contributed by atoms with Crippen LogP contribution in [0.1, 0.15) is 39.0 Å². The molecule has 25 heavy (non-hydrogen) atoms. The van der Waals surface area contributed by atoms with Crippen molar-refractivity contribution in [1.82, 2.24) is 4.98 Å². The standard InChI is InChI=1S/C18H22N2O4S/c1-6-23-17(22)16-13(5)19-18(25-16)20-14(21)9-24-15-11(3)8-7-10(2)12(15)4/h7-8H,6,9H2,1-5H3,(H,19,20,21). The van der Waals surface area contributed by atoms with E-state index in [9.17, 15) is 9.59 Å². The zero-order valence-corrected chi connectivity index (χ0v) is 15.9. The molecule has 0 radical (unpaired) electrons. The second kappa shape index (κ2) is 8.11. The van der Waals surface area contributed by atoms with Crippen molar-refractivity contribution >= 4 is 28.3 Å². The van der Waals surface area contributed by atoms with Gasteiger partial charge in [0.2, 0.25) is 0 Å². The van der Waals surface area contributed by atoms with Gasteiger partial charge in [-0.05, 0) is 51.3 Å². The Morgan fingerprint density at radius 1 is 1.16 bits per heavy atom. The average Bonchev–Trinajstić information content (AvgIpc) is 2.91. The van der Waals surface area contributed by atoms with E-state index in [0.29, 0.717) is 22.3 Å². The van der Waals surface area contributed by atoms with Crippen LogP contribution in [0.5, 0.6) is 5.75 Å². The number of hydrogen-bond acceptors (Lipinski definition) is 6. The SMILES string of the molecule is CCOC(=O)c1sc(NC(=O)COc2c(C)ccc(C)c2C)nc1C. The summed E-state index contributed by atoms with van der Waals surface area (Å²) < 4.78 is 10.6. The van der Waals surface area contributed by atoms with Crippen molar-refractivity contribution in [3.05, 3.63) is 39.4 Å². The van der Waals surface area contributed by atoms with E-state index in [-0.39, 0.29) is 12.5 Å². The van der Waals surface area contributed by atoms with E-state index in [0.717, 1.165) is 33.8 Å². The number of benzene rings is 1. The maximum atomic E-state index is 12.1. The first-order chi connectivity index (χ1) is 11.8. The van der Waals surface area contributed by atoms with Crippen LogP contribution < -0.4 is 10.1 Å². The van der Waals surface area contributed by atoms with Gasteiger partial charge in [0.05, 0.1) is 12.3 Å². The van der Waals surface area contributed by atoms with Crippen LogP contribution >= 0.6 is 11.3 Å². The van der Waals surface area contributed by atoms with E-state index in [1.807, 2.05) is 32.9 Å². The smallest absolute Gasteiger partial charge is 0.350 e. The van der Waals surface area contributed by atoms with E-state index in [4.69, 9.17) is 9.47 Å². The minimum Gasteiger partial charge on any atom is -0.483 e. The zero-order valence-electron chi connectivity index (χ0n) is 15.1. The van der Waals surface area contributed by atoms with Crippen molar-refractivity contribution in [2.75, 3.05) is 18.5 Å². The van der Waals surface area contributed by atoms with Gasteiger partial charge in [0.1, 0.15) is 10.6 Å². The third-order valence-electron chi connectivity index (χ3n) is 3.72. The summed E-state index contributed by atoms with van der Waals surface area (Å²) in [5, 5.41) is 3.01. The van der Waals surface area contributed by atoms with Gasteiger partial charge >= 0.3 is 5.97 Å². The number of esters is 1. The number of nitrogens with one attached hydrogen (secondary N) is 1. The second-order valence-electron chi connectivity index (χ2n) is 5.64. The van der Waals surface area contributed by atoms with Gasteiger partial charge in [-0.25, -0.2) is 9.78 Å². The normalized spacial score (nSPS) is 10.4. The Labute approximate surface area is 151 Å². The number of rotatable bonds is 6. The molecule has 0 atom stereocenters. The molecule has 2 aromatic rings. The van der Waals surface area contributed by atoms with Crippen LogP contribution in [-0.4, -0.2) is 30.1 Å². The van der Waals surface area contributed by atoms with Gasteiger partial charge < -0.3 is 9.47 Å². The lowest BCUT2D eigenvalue weighted by molar-refractivity contribution is -0.118. The molecule has 0 spiro atoms. The van der Waals surface area contributed by atoms with Crippen molar-refractivity contribution < 1.29 is 19.1 Å². The molecule has 7 heteroatoms. The van der Waals surface area contributed by atoms with Crippen LogP contribution in [0.15, 0.2) is 12.1 Å². The molecule has 2 rings (SSSR count). The van der Waals surface area contributed by atoms with Crippen molar-refractivity contribution in [2.45, 2.75) is 34.6 Å². The molecule has 1 heterocycles. The third kappa shape index (κ3) is 4.57. The summed E-state index contributed by atoms with van der Waals surface area (Å²) in [6.45, 7) is 9.51. The average molecular weight is 362 g/mol. The molecule has 0 fully saturated rings. The van der Waals surface area contributed by atoms with E-state index in [1.54, 1.807) is 13.8 Å². The molecule has 6 nitrogen and oxygen atoms in total. The summed E-state index contributed by atoms with van der Waals surface area (Å²) in [7, 11) is 0. The number of amides is 1. The summed E-state index contributed by atoms with van der Waals surface area (Å²) in [6, 6.07) is 3.98. The monoisotopic (exact) mass is 362 g/mol. The Balaban J connectivity index is 2.01. The summed E-state index contributed by atoms with van der Waals surface area (Å²) in [5.74, 6) is -0.0394. The minimum absolute atomic E-state index is 0.126. The van der Waals surface area contributed by atoms with Crippen molar-refractivity contribution in [2.24, 2.45) is 0 Å². The Hall–Kier alpha value is -2.41. The fourth-order valence-electron chi connectivity index (χ4n) is 2.28. The molecule has 0 saturated heterocycles. The summed E-state index contributed by atoms with van der Waals surface area (Å²) in [6.07, 6.45) is 0. The van der Waals surface area contributed by atoms with Crippen molar-refractivity contribution in [3.63, 3.8) is 0 Å². The number of aryl methyl sites for hydroxylation is 3. The van der Waals surface area contributed by atoms with Crippen molar-refractivity contribution in [3.8, 4) is 5.75 Å². The Bertz CT molecular complexity index is 799. The molecule has 1 N–H and O–H groups in total. The highest BCUT2D eigenvalue weighted by Crippen LogP contribution is 2.26. The van der Waals surface area contributed by atoms with Crippen LogP contribution in [-0.2, 0) is 9.53 Å². The molecule has 0 saturated carbocycles. The molecular formula is C18H22N2O4S. The van der Waals surface area contributed by atoms with Crippen LogP contribution in [0.4, 0.5) is 5.13 Å². The lowest BCUT2D eigenvalue weighted by Gasteiger charge is -2.13. The zero-order chi connectivity index (χ0) is 18.6. The third-order valence-corrected chi connectivity index (χ3v) is 4.78. The number of carbonyl (C=O) groups excluding carboxylic acids is 2. The first-order valence-corrected chi connectivity index (χ1v) is 8.79. The molecule has 0 bridgehead atoms. The summed E-state index contributed by atoms with van der Waals surface area (Å²) >= 11 is 1.09. The predicted octanol–water partition coefficient (Wildman–Crippen LogP) is 3.57. The van der Waals surface area contributed by atoms with Gasteiger partial charge in [-0.1, -0.05) is 23.5 Å². The van der Waals surface area contributed by atoms with Crippen LogP contribution in [0, 0.1) is 27.7 Å².